The average Bonchev–Trinajstić information content (AvgIpc) is 3.07. The smallest absolute Gasteiger partial charge is 0.240 e. The highest BCUT2D eigenvalue weighted by Crippen LogP contribution is 2.47. The van der Waals surface area contributed by atoms with E-state index in [-0.39, 0.29) is 35.9 Å². The number of nitrogens with zero attached hydrogens (tertiary/aromatic N) is 1. The molecule has 2 amide bonds. The van der Waals surface area contributed by atoms with Crippen LogP contribution in [0.4, 0.5) is 5.69 Å². The molecular weight excluding hydrogens is 254 g/mol. The summed E-state index contributed by atoms with van der Waals surface area (Å²) in [5.74, 6) is -0.906. The van der Waals surface area contributed by atoms with E-state index in [9.17, 15) is 9.59 Å². The molecule has 20 heavy (non-hydrogen) atoms. The predicted octanol–water partition coefficient (Wildman–Crippen LogP) is 1.75. The molecule has 0 radical (unpaired) electrons. The monoisotopic (exact) mass is 269 g/mol. The second-order valence-electron chi connectivity index (χ2n) is 5.75. The van der Waals surface area contributed by atoms with E-state index in [0.29, 0.717) is 0 Å². The molecule has 0 spiro atoms. The average molecular weight is 269 g/mol. The summed E-state index contributed by atoms with van der Waals surface area (Å²) in [7, 11) is 0. The zero-order valence-electron chi connectivity index (χ0n) is 11.4. The number of rotatable bonds is 1. The van der Waals surface area contributed by atoms with E-state index in [0.717, 1.165) is 16.8 Å². The molecule has 2 bridgehead atoms. The van der Waals surface area contributed by atoms with Crippen LogP contribution in [0.2, 0.25) is 0 Å². The van der Waals surface area contributed by atoms with Crippen LogP contribution in [-0.2, 0) is 14.3 Å². The number of carbonyl (C=O) groups excluding carboxylic acids is 2. The van der Waals surface area contributed by atoms with E-state index >= 15 is 0 Å². The van der Waals surface area contributed by atoms with Gasteiger partial charge in [0.25, 0.3) is 0 Å². The third kappa shape index (κ3) is 1.29. The summed E-state index contributed by atoms with van der Waals surface area (Å²) in [6, 6.07) is 5.80. The molecule has 0 aromatic heterocycles. The quantitative estimate of drug-likeness (QED) is 0.576. The van der Waals surface area contributed by atoms with Crippen molar-refractivity contribution >= 4 is 17.5 Å². The molecule has 2 fully saturated rings. The molecule has 4 heteroatoms. The molecule has 0 N–H and O–H groups in total. The number of anilines is 1. The standard InChI is InChI=1S/C16H15NO3/c1-8-4-3-5-9(2)14(8)17-15(18)12-10-6-7-11(20-10)13(12)16(17)19/h3-7,10-13H,1-2H3/t10-,11-,12-,13-/m1/s1. The normalized spacial score (nSPS) is 34.2. The van der Waals surface area contributed by atoms with Crippen molar-refractivity contribution in [2.24, 2.45) is 11.8 Å². The largest absolute Gasteiger partial charge is 0.365 e. The molecule has 0 saturated carbocycles. The highest BCUT2D eigenvalue weighted by molar-refractivity contribution is 6.23. The molecule has 0 unspecified atom stereocenters. The second kappa shape index (κ2) is 3.79. The minimum atomic E-state index is -0.337. The first-order valence-corrected chi connectivity index (χ1v) is 6.87. The van der Waals surface area contributed by atoms with Gasteiger partial charge in [-0.25, -0.2) is 4.90 Å². The van der Waals surface area contributed by atoms with Crippen molar-refractivity contribution in [3.05, 3.63) is 41.5 Å². The van der Waals surface area contributed by atoms with Gasteiger partial charge in [-0.1, -0.05) is 30.4 Å². The van der Waals surface area contributed by atoms with E-state index in [4.69, 9.17) is 4.74 Å². The zero-order valence-corrected chi connectivity index (χ0v) is 11.4. The van der Waals surface area contributed by atoms with Crippen LogP contribution in [-0.4, -0.2) is 24.0 Å². The summed E-state index contributed by atoms with van der Waals surface area (Å²) >= 11 is 0. The minimum absolute atomic E-state index is 0.116. The van der Waals surface area contributed by atoms with Crippen LogP contribution in [0.3, 0.4) is 0 Å². The lowest BCUT2D eigenvalue weighted by Crippen LogP contribution is -2.35. The molecule has 3 aliphatic rings. The number of ether oxygens (including phenoxy) is 1. The van der Waals surface area contributed by atoms with Gasteiger partial charge in [0.15, 0.2) is 0 Å². The fourth-order valence-corrected chi connectivity index (χ4v) is 3.68. The fraction of sp³-hybridized carbons (Fsp3) is 0.375. The van der Waals surface area contributed by atoms with Crippen LogP contribution in [0.15, 0.2) is 30.4 Å². The van der Waals surface area contributed by atoms with E-state index in [2.05, 4.69) is 0 Å². The van der Waals surface area contributed by atoms with Gasteiger partial charge in [0, 0.05) is 0 Å². The minimum Gasteiger partial charge on any atom is -0.365 e. The molecule has 1 aromatic rings. The van der Waals surface area contributed by atoms with Gasteiger partial charge < -0.3 is 4.74 Å². The van der Waals surface area contributed by atoms with Gasteiger partial charge in [-0.2, -0.15) is 0 Å². The fourth-order valence-electron chi connectivity index (χ4n) is 3.68. The Labute approximate surface area is 117 Å². The van der Waals surface area contributed by atoms with Crippen LogP contribution >= 0.6 is 0 Å². The Bertz CT molecular complexity index is 613. The second-order valence-corrected chi connectivity index (χ2v) is 5.75. The van der Waals surface area contributed by atoms with E-state index in [1.807, 2.05) is 44.2 Å². The summed E-state index contributed by atoms with van der Waals surface area (Å²) < 4.78 is 5.65. The molecule has 4 rings (SSSR count). The van der Waals surface area contributed by atoms with E-state index < -0.39 is 0 Å². The van der Waals surface area contributed by atoms with Crippen LogP contribution in [0.1, 0.15) is 11.1 Å². The molecule has 4 atom stereocenters. The van der Waals surface area contributed by atoms with Crippen LogP contribution in [0.5, 0.6) is 0 Å². The highest BCUT2D eigenvalue weighted by Gasteiger charge is 2.61. The Morgan fingerprint density at radius 3 is 1.95 bits per heavy atom. The van der Waals surface area contributed by atoms with Gasteiger partial charge in [-0.15, -0.1) is 0 Å². The first-order valence-electron chi connectivity index (χ1n) is 6.87. The number of amides is 2. The Hall–Kier alpha value is -1.94. The first-order chi connectivity index (χ1) is 9.59. The zero-order chi connectivity index (χ0) is 14.0. The summed E-state index contributed by atoms with van der Waals surface area (Å²) in [5, 5.41) is 0. The van der Waals surface area contributed by atoms with Gasteiger partial charge in [0.2, 0.25) is 11.8 Å². The third-order valence-electron chi connectivity index (χ3n) is 4.57. The number of fused-ring (bicyclic) bond motifs is 5. The van der Waals surface area contributed by atoms with Crippen LogP contribution in [0, 0.1) is 25.7 Å². The van der Waals surface area contributed by atoms with Crippen LogP contribution in [0.25, 0.3) is 0 Å². The molecule has 4 nitrogen and oxygen atoms in total. The number of hydrogen-bond acceptors (Lipinski definition) is 3. The van der Waals surface area contributed by atoms with Crippen molar-refractivity contribution in [3.8, 4) is 0 Å². The van der Waals surface area contributed by atoms with Gasteiger partial charge in [0.05, 0.1) is 29.7 Å². The van der Waals surface area contributed by atoms with Crippen molar-refractivity contribution < 1.29 is 14.3 Å². The number of imide groups is 1. The lowest BCUT2D eigenvalue weighted by molar-refractivity contribution is -0.124. The van der Waals surface area contributed by atoms with Gasteiger partial charge in [0.1, 0.15) is 0 Å². The number of carbonyl (C=O) groups is 2. The molecule has 1 aromatic carbocycles. The number of para-hydroxylation sites is 1. The Morgan fingerprint density at radius 2 is 1.45 bits per heavy atom. The van der Waals surface area contributed by atoms with Crippen molar-refractivity contribution in [1.29, 1.82) is 0 Å². The molecular formula is C16H15NO3. The van der Waals surface area contributed by atoms with Gasteiger partial charge in [-0.05, 0) is 25.0 Å². The Kier molecular flexibility index (Phi) is 2.25. The van der Waals surface area contributed by atoms with Crippen molar-refractivity contribution in [3.63, 3.8) is 0 Å². The highest BCUT2D eigenvalue weighted by atomic mass is 16.5. The lowest BCUT2D eigenvalue weighted by Gasteiger charge is -2.21. The Morgan fingerprint density at radius 1 is 0.950 bits per heavy atom. The molecule has 0 aliphatic carbocycles. The summed E-state index contributed by atoms with van der Waals surface area (Å²) in [5.41, 5.74) is 2.65. The van der Waals surface area contributed by atoms with E-state index in [1.54, 1.807) is 0 Å². The van der Waals surface area contributed by atoms with Crippen molar-refractivity contribution in [1.82, 2.24) is 0 Å². The summed E-state index contributed by atoms with van der Waals surface area (Å²) in [6.45, 7) is 3.86. The maximum atomic E-state index is 12.7. The molecule has 3 aliphatic heterocycles. The van der Waals surface area contributed by atoms with Gasteiger partial charge >= 0.3 is 0 Å². The first kappa shape index (κ1) is 11.9. The number of benzene rings is 1. The summed E-state index contributed by atoms with van der Waals surface area (Å²) in [4.78, 5) is 26.8. The van der Waals surface area contributed by atoms with Crippen molar-refractivity contribution in [2.75, 3.05) is 4.90 Å². The summed E-state index contributed by atoms with van der Waals surface area (Å²) in [6.07, 6.45) is 3.36. The number of aryl methyl sites for hydroxylation is 2. The molecule has 102 valence electrons. The third-order valence-corrected chi connectivity index (χ3v) is 4.57. The van der Waals surface area contributed by atoms with Crippen LogP contribution < -0.4 is 4.90 Å². The maximum absolute atomic E-state index is 12.7. The number of hydrogen-bond donors (Lipinski definition) is 0. The van der Waals surface area contributed by atoms with Gasteiger partial charge in [-0.3, -0.25) is 9.59 Å². The van der Waals surface area contributed by atoms with Crippen molar-refractivity contribution in [2.45, 2.75) is 26.1 Å². The maximum Gasteiger partial charge on any atom is 0.240 e. The SMILES string of the molecule is Cc1cccc(C)c1N1C(=O)[C@H]2[C@H](C1=O)[C@H]1C=C[C@H]2O1. The molecule has 3 heterocycles. The topological polar surface area (TPSA) is 46.6 Å². The predicted molar refractivity (Wildman–Crippen MR) is 73.2 cm³/mol. The molecule has 2 saturated heterocycles. The van der Waals surface area contributed by atoms with E-state index in [1.165, 1.54) is 4.90 Å². The lowest BCUT2D eigenvalue weighted by atomic mass is 9.85. The Balaban J connectivity index is 1.82.